The summed E-state index contributed by atoms with van der Waals surface area (Å²) in [5.74, 6) is 0.641. The number of aromatic nitrogens is 4. The van der Waals surface area contributed by atoms with Crippen LogP contribution in [0.25, 0.3) is 27.6 Å². The molecule has 1 saturated heterocycles. The second kappa shape index (κ2) is 7.14. The van der Waals surface area contributed by atoms with Crippen LogP contribution in [0.1, 0.15) is 12.8 Å². The number of nitrogens with zero attached hydrogens (tertiary/aromatic N) is 4. The van der Waals surface area contributed by atoms with E-state index < -0.39 is 0 Å². The van der Waals surface area contributed by atoms with Gasteiger partial charge in [-0.1, -0.05) is 18.2 Å². The number of thiophene rings is 1. The van der Waals surface area contributed by atoms with Gasteiger partial charge in [0.15, 0.2) is 11.5 Å². The Kier molecular flexibility index (Phi) is 4.34. The molecule has 1 unspecified atom stereocenters. The zero-order valence-corrected chi connectivity index (χ0v) is 15.7. The highest BCUT2D eigenvalue weighted by molar-refractivity contribution is 7.13. The van der Waals surface area contributed by atoms with Gasteiger partial charge in [0.25, 0.3) is 5.91 Å². The summed E-state index contributed by atoms with van der Waals surface area (Å²) in [6.45, 7) is 0.655. The lowest BCUT2D eigenvalue weighted by Crippen LogP contribution is -2.26. The van der Waals surface area contributed by atoms with Crippen molar-refractivity contribution in [2.75, 3.05) is 11.9 Å². The smallest absolute Gasteiger partial charge is 0.253 e. The monoisotopic (exact) mass is 391 g/mol. The van der Waals surface area contributed by atoms with Crippen molar-refractivity contribution in [3.63, 3.8) is 0 Å². The van der Waals surface area contributed by atoms with E-state index in [1.165, 1.54) is 0 Å². The van der Waals surface area contributed by atoms with Crippen molar-refractivity contribution in [2.24, 2.45) is 0 Å². The van der Waals surface area contributed by atoms with Crippen molar-refractivity contribution in [1.29, 1.82) is 0 Å². The van der Waals surface area contributed by atoms with E-state index in [-0.39, 0.29) is 12.0 Å². The second-order valence-corrected chi connectivity index (χ2v) is 7.51. The van der Waals surface area contributed by atoms with E-state index in [0.717, 1.165) is 40.5 Å². The minimum absolute atomic E-state index is 0.0881. The molecule has 1 N–H and O–H groups in total. The summed E-state index contributed by atoms with van der Waals surface area (Å²) in [4.78, 5) is 13.2. The van der Waals surface area contributed by atoms with E-state index in [9.17, 15) is 4.79 Å². The molecule has 5 rings (SSSR count). The fourth-order valence-corrected chi connectivity index (χ4v) is 3.93. The highest BCUT2D eigenvalue weighted by Gasteiger charge is 2.23. The number of anilines is 1. The topological polar surface area (TPSA) is 81.4 Å². The molecule has 1 aliphatic heterocycles. The van der Waals surface area contributed by atoms with Gasteiger partial charge in [-0.15, -0.1) is 21.5 Å². The summed E-state index contributed by atoms with van der Waals surface area (Å²) in [5.41, 5.74) is 3.20. The molecule has 8 heteroatoms. The molecule has 0 aliphatic carbocycles. The zero-order valence-electron chi connectivity index (χ0n) is 14.9. The third-order valence-corrected chi connectivity index (χ3v) is 5.54. The first kappa shape index (κ1) is 17.0. The summed E-state index contributed by atoms with van der Waals surface area (Å²) in [6, 6.07) is 15.4. The van der Waals surface area contributed by atoms with Crippen LogP contribution in [0.2, 0.25) is 0 Å². The fraction of sp³-hybridized carbons (Fsp3) is 0.200. The summed E-state index contributed by atoms with van der Waals surface area (Å²) < 4.78 is 7.18. The number of amides is 1. The van der Waals surface area contributed by atoms with Crippen LogP contribution in [0.15, 0.2) is 53.9 Å². The van der Waals surface area contributed by atoms with Gasteiger partial charge >= 0.3 is 0 Å². The van der Waals surface area contributed by atoms with Crippen LogP contribution >= 0.6 is 11.3 Å². The summed E-state index contributed by atoms with van der Waals surface area (Å²) >= 11 is 1.60. The van der Waals surface area contributed by atoms with Gasteiger partial charge in [-0.3, -0.25) is 4.79 Å². The number of rotatable bonds is 4. The van der Waals surface area contributed by atoms with Crippen molar-refractivity contribution in [2.45, 2.75) is 18.9 Å². The van der Waals surface area contributed by atoms with Gasteiger partial charge in [0, 0.05) is 17.9 Å². The average Bonchev–Trinajstić information content (AvgIpc) is 3.49. The van der Waals surface area contributed by atoms with Gasteiger partial charge in [0.05, 0.1) is 10.6 Å². The quantitative estimate of drug-likeness (QED) is 0.574. The Bertz CT molecular complexity index is 1120. The predicted molar refractivity (Wildman–Crippen MR) is 107 cm³/mol. The first-order chi connectivity index (χ1) is 13.8. The number of hydrogen-bond donors (Lipinski definition) is 1. The summed E-state index contributed by atoms with van der Waals surface area (Å²) in [5, 5.41) is 18.1. The molecule has 4 heterocycles. The Morgan fingerprint density at radius 2 is 2.04 bits per heavy atom. The third kappa shape index (κ3) is 3.17. The van der Waals surface area contributed by atoms with Crippen LogP contribution in [0.3, 0.4) is 0 Å². The van der Waals surface area contributed by atoms with Crippen molar-refractivity contribution < 1.29 is 9.53 Å². The van der Waals surface area contributed by atoms with Crippen LogP contribution in [0.5, 0.6) is 0 Å². The van der Waals surface area contributed by atoms with E-state index in [4.69, 9.17) is 9.84 Å². The van der Waals surface area contributed by atoms with Crippen molar-refractivity contribution in [1.82, 2.24) is 19.8 Å². The fourth-order valence-electron chi connectivity index (χ4n) is 3.23. The lowest BCUT2D eigenvalue weighted by atomic mass is 10.1. The highest BCUT2D eigenvalue weighted by Crippen LogP contribution is 2.25. The molecule has 140 valence electrons. The Balaban J connectivity index is 1.40. The molecule has 7 nitrogen and oxygen atoms in total. The normalized spacial score (nSPS) is 16.5. The number of benzene rings is 1. The van der Waals surface area contributed by atoms with Gasteiger partial charge in [0.2, 0.25) is 0 Å². The molecular formula is C20H17N5O2S. The largest absolute Gasteiger partial charge is 0.368 e. The molecule has 1 atom stereocenters. The van der Waals surface area contributed by atoms with Crippen molar-refractivity contribution in [3.8, 4) is 22.0 Å². The molecule has 3 aromatic heterocycles. The van der Waals surface area contributed by atoms with E-state index in [1.807, 2.05) is 53.9 Å². The standard InChI is InChI=1S/C20H17N5O2S/c26-20(16-3-1-11-27-16)21-14-7-5-13(6-8-14)15-9-10-18-22-23-19(25(18)24-15)17-4-2-12-28-17/h2,4-10,12,16H,1,3,11H2,(H,21,26). The first-order valence-electron chi connectivity index (χ1n) is 9.07. The zero-order chi connectivity index (χ0) is 18.9. The summed E-state index contributed by atoms with van der Waals surface area (Å²) in [6.07, 6.45) is 1.37. The molecule has 0 radical (unpaired) electrons. The lowest BCUT2D eigenvalue weighted by Gasteiger charge is -2.11. The third-order valence-electron chi connectivity index (χ3n) is 4.67. The molecule has 0 spiro atoms. The van der Waals surface area contributed by atoms with E-state index in [0.29, 0.717) is 12.3 Å². The number of fused-ring (bicyclic) bond motifs is 1. The molecule has 1 fully saturated rings. The predicted octanol–water partition coefficient (Wildman–Crippen LogP) is 3.64. The van der Waals surface area contributed by atoms with Gasteiger partial charge in [0.1, 0.15) is 6.10 Å². The van der Waals surface area contributed by atoms with Crippen molar-refractivity contribution >= 4 is 28.6 Å². The van der Waals surface area contributed by atoms with Gasteiger partial charge < -0.3 is 10.1 Å². The van der Waals surface area contributed by atoms with Gasteiger partial charge in [-0.2, -0.15) is 9.61 Å². The minimum Gasteiger partial charge on any atom is -0.368 e. The molecule has 0 saturated carbocycles. The average molecular weight is 391 g/mol. The Hall–Kier alpha value is -3.10. The van der Waals surface area contributed by atoms with Crippen LogP contribution < -0.4 is 5.32 Å². The molecule has 4 aromatic rings. The molecule has 1 aromatic carbocycles. The molecule has 1 aliphatic rings. The molecular weight excluding hydrogens is 374 g/mol. The second-order valence-electron chi connectivity index (χ2n) is 6.56. The maximum atomic E-state index is 12.2. The maximum Gasteiger partial charge on any atom is 0.253 e. The van der Waals surface area contributed by atoms with E-state index >= 15 is 0 Å². The maximum absolute atomic E-state index is 12.2. The number of carbonyl (C=O) groups excluding carboxylic acids is 1. The number of ether oxygens (including phenoxy) is 1. The summed E-state index contributed by atoms with van der Waals surface area (Å²) in [7, 11) is 0. The lowest BCUT2D eigenvalue weighted by molar-refractivity contribution is -0.124. The van der Waals surface area contributed by atoms with E-state index in [1.54, 1.807) is 15.9 Å². The Morgan fingerprint density at radius 3 is 2.79 bits per heavy atom. The van der Waals surface area contributed by atoms with Crippen LogP contribution in [-0.4, -0.2) is 38.4 Å². The molecule has 28 heavy (non-hydrogen) atoms. The minimum atomic E-state index is -0.340. The van der Waals surface area contributed by atoms with Crippen LogP contribution in [0, 0.1) is 0 Å². The van der Waals surface area contributed by atoms with E-state index in [2.05, 4.69) is 15.5 Å². The SMILES string of the molecule is O=C(Nc1ccc(-c2ccc3nnc(-c4cccs4)n3n2)cc1)C1CCCO1. The first-order valence-corrected chi connectivity index (χ1v) is 9.95. The Morgan fingerprint density at radius 1 is 1.14 bits per heavy atom. The molecule has 1 amide bonds. The van der Waals surface area contributed by atoms with Crippen LogP contribution in [0.4, 0.5) is 5.69 Å². The highest BCUT2D eigenvalue weighted by atomic mass is 32.1. The van der Waals surface area contributed by atoms with Gasteiger partial charge in [-0.05, 0) is 48.6 Å². The van der Waals surface area contributed by atoms with Crippen LogP contribution in [-0.2, 0) is 9.53 Å². The number of nitrogens with one attached hydrogen (secondary N) is 1. The molecule has 0 bridgehead atoms. The number of carbonyl (C=O) groups is 1. The van der Waals surface area contributed by atoms with Crippen molar-refractivity contribution in [3.05, 3.63) is 53.9 Å². The number of hydrogen-bond acceptors (Lipinski definition) is 6. The Labute approximate surface area is 165 Å². The van der Waals surface area contributed by atoms with Gasteiger partial charge in [-0.25, -0.2) is 0 Å².